The van der Waals surface area contributed by atoms with Gasteiger partial charge in [0.25, 0.3) is 0 Å². The number of halogens is 4. The molecule has 1 aromatic rings. The van der Waals surface area contributed by atoms with E-state index in [0.717, 1.165) is 12.1 Å². The Morgan fingerprint density at radius 3 is 2.65 bits per heavy atom. The number of rotatable bonds is 2. The molecule has 2 nitrogen and oxygen atoms in total. The molecule has 0 saturated carbocycles. The van der Waals surface area contributed by atoms with Crippen molar-refractivity contribution >= 4 is 0 Å². The molecule has 1 aliphatic heterocycles. The summed E-state index contributed by atoms with van der Waals surface area (Å²) in [6.45, 7) is 0.628. The van der Waals surface area contributed by atoms with Crippen LogP contribution in [0.2, 0.25) is 0 Å². The van der Waals surface area contributed by atoms with Gasteiger partial charge >= 0.3 is 6.36 Å². The zero-order valence-corrected chi connectivity index (χ0v) is 8.85. The Kier molecular flexibility index (Phi) is 2.99. The van der Waals surface area contributed by atoms with Crippen LogP contribution in [0.5, 0.6) is 5.75 Å². The van der Waals surface area contributed by atoms with Gasteiger partial charge in [-0.2, -0.15) is 0 Å². The molecule has 1 N–H and O–H groups in total. The normalized spacial score (nSPS) is 24.9. The Morgan fingerprint density at radius 2 is 2.06 bits per heavy atom. The number of hydrogen-bond acceptors (Lipinski definition) is 2. The predicted molar refractivity (Wildman–Crippen MR) is 53.4 cm³/mol. The van der Waals surface area contributed by atoms with Gasteiger partial charge in [0.1, 0.15) is 11.4 Å². The van der Waals surface area contributed by atoms with Gasteiger partial charge in [0.05, 0.1) is 0 Å². The van der Waals surface area contributed by atoms with Crippen molar-refractivity contribution in [2.75, 3.05) is 13.1 Å². The molecule has 1 fully saturated rings. The van der Waals surface area contributed by atoms with E-state index in [1.165, 1.54) is 12.1 Å². The van der Waals surface area contributed by atoms with E-state index < -0.39 is 12.0 Å². The first-order valence-corrected chi connectivity index (χ1v) is 5.15. The molecule has 0 radical (unpaired) electrons. The number of hydrogen-bond donors (Lipinski definition) is 1. The third kappa shape index (κ3) is 2.88. The van der Waals surface area contributed by atoms with Crippen molar-refractivity contribution in [2.24, 2.45) is 0 Å². The van der Waals surface area contributed by atoms with Crippen LogP contribution in [0.3, 0.4) is 0 Å². The van der Waals surface area contributed by atoms with E-state index in [4.69, 9.17) is 0 Å². The molecule has 17 heavy (non-hydrogen) atoms. The highest BCUT2D eigenvalue weighted by Crippen LogP contribution is 2.34. The summed E-state index contributed by atoms with van der Waals surface area (Å²) in [5, 5.41) is 2.84. The molecule has 0 unspecified atom stereocenters. The smallest absolute Gasteiger partial charge is 0.406 e. The van der Waals surface area contributed by atoms with Gasteiger partial charge in [0.2, 0.25) is 0 Å². The summed E-state index contributed by atoms with van der Waals surface area (Å²) in [6, 6.07) is 5.08. The molecule has 0 aliphatic carbocycles. The van der Waals surface area contributed by atoms with Crippen LogP contribution in [0.4, 0.5) is 17.6 Å². The van der Waals surface area contributed by atoms with Gasteiger partial charge in [0.15, 0.2) is 0 Å². The minimum atomic E-state index is -4.75. The summed E-state index contributed by atoms with van der Waals surface area (Å²) >= 11 is 0. The lowest BCUT2D eigenvalue weighted by molar-refractivity contribution is -0.274. The van der Waals surface area contributed by atoms with Crippen LogP contribution in [0.1, 0.15) is 12.0 Å². The lowest BCUT2D eigenvalue weighted by Crippen LogP contribution is -2.23. The fraction of sp³-hybridized carbons (Fsp3) is 0.455. The molecular weight excluding hydrogens is 238 g/mol. The van der Waals surface area contributed by atoms with Crippen molar-refractivity contribution in [3.63, 3.8) is 0 Å². The minimum absolute atomic E-state index is 0.114. The van der Waals surface area contributed by atoms with E-state index in [-0.39, 0.29) is 24.3 Å². The van der Waals surface area contributed by atoms with Gasteiger partial charge in [-0.05, 0) is 30.7 Å². The van der Waals surface area contributed by atoms with Crippen LogP contribution in [-0.2, 0) is 5.67 Å². The molecule has 1 aliphatic rings. The minimum Gasteiger partial charge on any atom is -0.406 e. The molecule has 1 atom stereocenters. The van der Waals surface area contributed by atoms with Crippen LogP contribution in [0.25, 0.3) is 0 Å². The lowest BCUT2D eigenvalue weighted by atomic mass is 9.95. The van der Waals surface area contributed by atoms with Gasteiger partial charge in [-0.1, -0.05) is 12.1 Å². The fourth-order valence-electron chi connectivity index (χ4n) is 1.88. The monoisotopic (exact) mass is 249 g/mol. The molecule has 1 saturated heterocycles. The maximum absolute atomic E-state index is 14.3. The molecule has 2 rings (SSSR count). The summed E-state index contributed by atoms with van der Waals surface area (Å²) in [5.41, 5.74) is -1.39. The average molecular weight is 249 g/mol. The number of benzene rings is 1. The third-order valence-corrected chi connectivity index (χ3v) is 2.69. The number of alkyl halides is 4. The fourth-order valence-corrected chi connectivity index (χ4v) is 1.88. The molecular formula is C11H11F4NO. The molecule has 0 aromatic heterocycles. The third-order valence-electron chi connectivity index (χ3n) is 2.69. The Balaban J connectivity index is 2.22. The molecule has 94 valence electrons. The second kappa shape index (κ2) is 4.18. The van der Waals surface area contributed by atoms with E-state index in [1.54, 1.807) is 0 Å². The maximum atomic E-state index is 14.3. The first-order valence-electron chi connectivity index (χ1n) is 5.15. The van der Waals surface area contributed by atoms with Crippen LogP contribution < -0.4 is 10.1 Å². The van der Waals surface area contributed by atoms with Gasteiger partial charge in [-0.3, -0.25) is 0 Å². The molecule has 0 amide bonds. The highest BCUT2D eigenvalue weighted by molar-refractivity contribution is 5.33. The number of ether oxygens (including phenoxy) is 1. The topological polar surface area (TPSA) is 21.3 Å². The summed E-state index contributed by atoms with van der Waals surface area (Å²) in [5.74, 6) is -0.390. The van der Waals surface area contributed by atoms with E-state index in [2.05, 4.69) is 10.1 Å². The van der Waals surface area contributed by atoms with Gasteiger partial charge in [-0.25, -0.2) is 4.39 Å². The van der Waals surface area contributed by atoms with Crippen molar-refractivity contribution in [1.29, 1.82) is 0 Å². The highest BCUT2D eigenvalue weighted by Gasteiger charge is 2.36. The summed E-state index contributed by atoms with van der Waals surface area (Å²) in [4.78, 5) is 0. The first kappa shape index (κ1) is 12.2. The van der Waals surface area contributed by atoms with Gasteiger partial charge in [0, 0.05) is 6.54 Å². The Hall–Kier alpha value is -1.30. The van der Waals surface area contributed by atoms with Crippen molar-refractivity contribution in [3.05, 3.63) is 29.8 Å². The Morgan fingerprint density at radius 1 is 1.29 bits per heavy atom. The first-order chi connectivity index (χ1) is 7.89. The lowest BCUT2D eigenvalue weighted by Gasteiger charge is -2.19. The van der Waals surface area contributed by atoms with Crippen LogP contribution >= 0.6 is 0 Å². The largest absolute Gasteiger partial charge is 0.573 e. The second-order valence-electron chi connectivity index (χ2n) is 3.97. The van der Waals surface area contributed by atoms with Crippen LogP contribution in [-0.4, -0.2) is 19.5 Å². The maximum Gasteiger partial charge on any atom is 0.573 e. The zero-order valence-electron chi connectivity index (χ0n) is 8.85. The Labute approximate surface area is 95.6 Å². The highest BCUT2D eigenvalue weighted by atomic mass is 19.4. The number of nitrogens with one attached hydrogen (secondary N) is 1. The van der Waals surface area contributed by atoms with Crippen molar-refractivity contribution in [1.82, 2.24) is 5.32 Å². The predicted octanol–water partition coefficient (Wildman–Crippen LogP) is 2.74. The van der Waals surface area contributed by atoms with Crippen LogP contribution in [0, 0.1) is 0 Å². The average Bonchev–Trinajstić information content (AvgIpc) is 2.64. The summed E-state index contributed by atoms with van der Waals surface area (Å²) in [6.07, 6.45) is -4.50. The molecule has 1 aromatic carbocycles. The van der Waals surface area contributed by atoms with Gasteiger partial charge in [-0.15, -0.1) is 13.2 Å². The van der Waals surface area contributed by atoms with Crippen molar-refractivity contribution in [3.8, 4) is 5.75 Å². The van der Waals surface area contributed by atoms with E-state index in [1.807, 2.05) is 0 Å². The standard InChI is InChI=1S/C11H11F4NO/c12-10(4-5-16-7-10)8-2-1-3-9(6-8)17-11(13,14)15/h1-3,6,16H,4-5,7H2/t10-/m0/s1. The Bertz CT molecular complexity index is 399. The van der Waals surface area contributed by atoms with Gasteiger partial charge < -0.3 is 10.1 Å². The quantitative estimate of drug-likeness (QED) is 0.814. The van der Waals surface area contributed by atoms with Crippen molar-refractivity contribution in [2.45, 2.75) is 18.5 Å². The second-order valence-corrected chi connectivity index (χ2v) is 3.97. The van der Waals surface area contributed by atoms with Crippen molar-refractivity contribution < 1.29 is 22.3 Å². The zero-order chi connectivity index (χ0) is 12.5. The molecule has 6 heteroatoms. The van der Waals surface area contributed by atoms with E-state index >= 15 is 0 Å². The summed E-state index contributed by atoms with van der Waals surface area (Å²) in [7, 11) is 0. The molecule has 0 spiro atoms. The van der Waals surface area contributed by atoms with E-state index in [0.29, 0.717) is 6.54 Å². The molecule has 0 bridgehead atoms. The van der Waals surface area contributed by atoms with E-state index in [9.17, 15) is 17.6 Å². The molecule has 1 heterocycles. The van der Waals surface area contributed by atoms with Crippen LogP contribution in [0.15, 0.2) is 24.3 Å². The summed E-state index contributed by atoms with van der Waals surface area (Å²) < 4.78 is 54.1. The SMILES string of the molecule is FC(F)(F)Oc1cccc([C@]2(F)CCNC2)c1.